The lowest BCUT2D eigenvalue weighted by Crippen LogP contribution is -2.43. The van der Waals surface area contributed by atoms with Gasteiger partial charge in [-0.1, -0.05) is 36.7 Å². The Morgan fingerprint density at radius 2 is 1.82 bits per heavy atom. The number of alkyl halides is 3. The van der Waals surface area contributed by atoms with Crippen molar-refractivity contribution in [3.8, 4) is 11.1 Å². The van der Waals surface area contributed by atoms with E-state index in [2.05, 4.69) is 20.3 Å². The van der Waals surface area contributed by atoms with Gasteiger partial charge in [-0.15, -0.1) is 12.4 Å². The number of hydrogen-bond acceptors (Lipinski definition) is 5. The molecule has 0 saturated carbocycles. The van der Waals surface area contributed by atoms with Crippen molar-refractivity contribution in [2.75, 3.05) is 14.1 Å². The van der Waals surface area contributed by atoms with Gasteiger partial charge in [0, 0.05) is 30.2 Å². The molecule has 34 heavy (non-hydrogen) atoms. The predicted molar refractivity (Wildman–Crippen MR) is 127 cm³/mol. The number of hydrogen-bond donors (Lipinski definition) is 1. The number of amides is 1. The van der Waals surface area contributed by atoms with Crippen molar-refractivity contribution < 1.29 is 18.0 Å². The number of pyridine rings is 1. The number of rotatable bonds is 7. The van der Waals surface area contributed by atoms with Crippen LogP contribution in [0.15, 0.2) is 55.2 Å². The van der Waals surface area contributed by atoms with E-state index in [1.807, 2.05) is 50.2 Å². The Labute approximate surface area is 207 Å². The van der Waals surface area contributed by atoms with Crippen LogP contribution in [0.25, 0.3) is 11.1 Å². The van der Waals surface area contributed by atoms with E-state index in [-0.39, 0.29) is 18.4 Å². The summed E-state index contributed by atoms with van der Waals surface area (Å²) in [5.41, 5.74) is 0.832. The second-order valence-corrected chi connectivity index (χ2v) is 8.04. The molecule has 6 nitrogen and oxygen atoms in total. The van der Waals surface area contributed by atoms with E-state index in [4.69, 9.17) is 11.6 Å². The fraction of sp³-hybridized carbons (Fsp3) is 0.304. The minimum Gasteiger partial charge on any atom is -0.342 e. The topological polar surface area (TPSA) is 71.0 Å². The molecule has 1 amide bonds. The van der Waals surface area contributed by atoms with Gasteiger partial charge in [0.15, 0.2) is 0 Å². The minimum absolute atomic E-state index is 0. The first-order valence-electron chi connectivity index (χ1n) is 10.2. The van der Waals surface area contributed by atoms with Crippen molar-refractivity contribution in [1.82, 2.24) is 25.2 Å². The summed E-state index contributed by atoms with van der Waals surface area (Å²) in [4.78, 5) is 26.9. The molecule has 2 aromatic heterocycles. The van der Waals surface area contributed by atoms with E-state index in [9.17, 15) is 18.0 Å². The molecule has 0 radical (unpaired) electrons. The van der Waals surface area contributed by atoms with Crippen LogP contribution in [0, 0.1) is 0 Å². The quantitative estimate of drug-likeness (QED) is 0.455. The van der Waals surface area contributed by atoms with Crippen LogP contribution in [0.1, 0.15) is 41.0 Å². The van der Waals surface area contributed by atoms with Crippen LogP contribution in [-0.2, 0) is 6.18 Å². The maximum absolute atomic E-state index is 13.3. The Morgan fingerprint density at radius 1 is 1.15 bits per heavy atom. The molecule has 0 aliphatic carbocycles. The molecule has 0 aliphatic rings. The fourth-order valence-electron chi connectivity index (χ4n) is 3.69. The molecule has 0 unspecified atom stereocenters. The van der Waals surface area contributed by atoms with Crippen molar-refractivity contribution in [2.24, 2.45) is 0 Å². The maximum Gasteiger partial charge on any atom is 0.417 e. The monoisotopic (exact) mass is 513 g/mol. The van der Waals surface area contributed by atoms with Gasteiger partial charge in [-0.25, -0.2) is 15.0 Å². The summed E-state index contributed by atoms with van der Waals surface area (Å²) in [6, 6.07) is 7.53. The van der Waals surface area contributed by atoms with Gasteiger partial charge in [-0.05, 0) is 43.8 Å². The summed E-state index contributed by atoms with van der Waals surface area (Å²) in [6.45, 7) is 1.97. The second-order valence-electron chi connectivity index (χ2n) is 7.66. The molecule has 2 heterocycles. The average Bonchev–Trinajstić information content (AvgIpc) is 2.78. The Balaban J connectivity index is 0.00000408. The highest BCUT2D eigenvalue weighted by atomic mass is 35.5. The van der Waals surface area contributed by atoms with Gasteiger partial charge >= 0.3 is 6.18 Å². The molecule has 3 aromatic rings. The highest BCUT2D eigenvalue weighted by Gasteiger charge is 2.36. The average molecular weight is 514 g/mol. The summed E-state index contributed by atoms with van der Waals surface area (Å²) in [5.74, 6) is -0.787. The van der Waals surface area contributed by atoms with Gasteiger partial charge in [0.25, 0.3) is 5.91 Å². The van der Waals surface area contributed by atoms with Crippen LogP contribution in [0.2, 0.25) is 5.02 Å². The second kappa shape index (κ2) is 11.6. The van der Waals surface area contributed by atoms with Crippen LogP contribution >= 0.6 is 24.0 Å². The molecular formula is C23H24Cl2F3N5O. The Hall–Kier alpha value is -2.75. The molecule has 0 aliphatic heterocycles. The molecule has 11 heteroatoms. The van der Waals surface area contributed by atoms with Gasteiger partial charge < -0.3 is 10.2 Å². The summed E-state index contributed by atoms with van der Waals surface area (Å²) in [6.07, 6.45) is 1.68. The normalized spacial score (nSPS) is 13.2. The molecule has 3 rings (SSSR count). The van der Waals surface area contributed by atoms with E-state index in [1.54, 1.807) is 12.4 Å². The Bertz CT molecular complexity index is 1110. The van der Waals surface area contributed by atoms with Gasteiger partial charge in [0.2, 0.25) is 0 Å². The van der Waals surface area contributed by atoms with Crippen molar-refractivity contribution in [3.63, 3.8) is 0 Å². The van der Waals surface area contributed by atoms with Gasteiger partial charge in [-0.2, -0.15) is 13.2 Å². The summed E-state index contributed by atoms with van der Waals surface area (Å²) >= 11 is 5.93. The summed E-state index contributed by atoms with van der Waals surface area (Å²) in [7, 11) is 3.75. The van der Waals surface area contributed by atoms with Gasteiger partial charge in [0.05, 0.1) is 16.6 Å². The number of likely N-dealkylation sites (N-methyl/N-ethyl adjacent to an activating group) is 1. The Kier molecular flexibility index (Phi) is 9.37. The molecule has 2 atom stereocenters. The van der Waals surface area contributed by atoms with Crippen molar-refractivity contribution >= 4 is 29.9 Å². The van der Waals surface area contributed by atoms with Crippen molar-refractivity contribution in [1.29, 1.82) is 0 Å². The number of nitrogens with one attached hydrogen (secondary N) is 1. The lowest BCUT2D eigenvalue weighted by atomic mass is 9.93. The minimum atomic E-state index is -4.70. The van der Waals surface area contributed by atoms with E-state index >= 15 is 0 Å². The largest absolute Gasteiger partial charge is 0.417 e. The smallest absolute Gasteiger partial charge is 0.342 e. The highest BCUT2D eigenvalue weighted by molar-refractivity contribution is 6.34. The van der Waals surface area contributed by atoms with Crippen molar-refractivity contribution in [2.45, 2.75) is 31.6 Å². The molecular weight excluding hydrogens is 490 g/mol. The van der Waals surface area contributed by atoms with Crippen LogP contribution in [0.4, 0.5) is 13.2 Å². The first kappa shape index (κ1) is 27.5. The zero-order valence-corrected chi connectivity index (χ0v) is 20.2. The standard InChI is InChI=1S/C23H23ClF3N5O.ClH/c1-4-18(32(2)3)20(15-7-5-6-14(10-15)16-11-28-13-29-12-16)31-22(33)21-19(24)17(8-9-30-21)23(25,26)27;/h5-13,18,20H,4H2,1-3H3,(H,31,33);1H/t18-,20-;/m0./s1. The maximum atomic E-state index is 13.3. The van der Waals surface area contributed by atoms with Crippen LogP contribution in [-0.4, -0.2) is 45.9 Å². The summed E-state index contributed by atoms with van der Waals surface area (Å²) in [5, 5.41) is 2.13. The highest BCUT2D eigenvalue weighted by Crippen LogP contribution is 2.36. The molecule has 0 fully saturated rings. The van der Waals surface area contributed by atoms with Crippen LogP contribution in [0.5, 0.6) is 0 Å². The number of carbonyl (C=O) groups is 1. The molecule has 182 valence electrons. The number of carbonyl (C=O) groups excluding carboxylic acids is 1. The summed E-state index contributed by atoms with van der Waals surface area (Å²) < 4.78 is 39.8. The number of nitrogens with zero attached hydrogens (tertiary/aromatic N) is 4. The lowest BCUT2D eigenvalue weighted by molar-refractivity contribution is -0.137. The Morgan fingerprint density at radius 3 is 2.41 bits per heavy atom. The predicted octanol–water partition coefficient (Wildman–Crippen LogP) is 5.44. The number of benzene rings is 1. The zero-order valence-electron chi connectivity index (χ0n) is 18.7. The first-order chi connectivity index (χ1) is 15.6. The van der Waals surface area contributed by atoms with Crippen LogP contribution in [0.3, 0.4) is 0 Å². The van der Waals surface area contributed by atoms with E-state index in [1.165, 1.54) is 6.33 Å². The van der Waals surface area contributed by atoms with Crippen molar-refractivity contribution in [3.05, 3.63) is 77.1 Å². The SMILES string of the molecule is CC[C@@H]([C@@H](NC(=O)c1nccc(C(F)(F)F)c1Cl)c1cccc(-c2cncnc2)c1)N(C)C.Cl. The molecule has 0 bridgehead atoms. The van der Waals surface area contributed by atoms with Crippen LogP contribution < -0.4 is 5.32 Å². The zero-order chi connectivity index (χ0) is 24.2. The van der Waals surface area contributed by atoms with Gasteiger partial charge in [0.1, 0.15) is 12.0 Å². The molecule has 0 saturated heterocycles. The molecule has 1 N–H and O–H groups in total. The third-order valence-corrected chi connectivity index (χ3v) is 5.68. The third-order valence-electron chi connectivity index (χ3n) is 5.30. The first-order valence-corrected chi connectivity index (χ1v) is 10.6. The number of aromatic nitrogens is 3. The van der Waals surface area contributed by atoms with E-state index in [0.29, 0.717) is 6.42 Å². The molecule has 0 spiro atoms. The van der Waals surface area contributed by atoms with Gasteiger partial charge in [-0.3, -0.25) is 4.79 Å². The lowest BCUT2D eigenvalue weighted by Gasteiger charge is -2.33. The molecule has 1 aromatic carbocycles. The third kappa shape index (κ3) is 6.22. The fourth-order valence-corrected chi connectivity index (χ4v) is 4.00. The number of halogens is 5. The van der Waals surface area contributed by atoms with E-state index in [0.717, 1.165) is 29.0 Å². The van der Waals surface area contributed by atoms with E-state index < -0.39 is 34.4 Å².